The van der Waals surface area contributed by atoms with Crippen LogP contribution in [0.25, 0.3) is 0 Å². The third-order valence-corrected chi connectivity index (χ3v) is 21.1. The average Bonchev–Trinajstić information content (AvgIpc) is 2.70. The Bertz CT molecular complexity index is 2070. The van der Waals surface area contributed by atoms with Gasteiger partial charge in [0.25, 0.3) is 0 Å². The quantitative estimate of drug-likeness (QED) is 0.0997. The highest BCUT2D eigenvalue weighted by atomic mass is 16.2. The van der Waals surface area contributed by atoms with Crippen molar-refractivity contribution in [1.29, 1.82) is 0 Å². The van der Waals surface area contributed by atoms with E-state index in [1.54, 1.807) is 0 Å². The van der Waals surface area contributed by atoms with Crippen molar-refractivity contribution in [3.8, 4) is 0 Å². The van der Waals surface area contributed by atoms with Gasteiger partial charge in [0.15, 0.2) is 0 Å². The maximum Gasteiger partial charge on any atom is 0.239 e. The standard InChI is InChI=1S/C14H26N2O.C13H24N2O.C12H22N2O.C12H24N2O.C11H20N2O.C8H16N2O/c1-11-8-9-13(15-2)14(17)16(10-11)12-6-4-3-5-7-12;1-10-7-8-12(14-2)13(16)15(9-10)11-5-3-4-6-11;1-9-6-7-11(13-2)12(15)14(8-9)10-4-3-5-10;1-9(2)7-14-8-10(3)5-6-11(13-4)12(14)15;1-8-3-6-10(12-2)11(14)13(7-8)9-4-5-9;1-6-3-4-7(9-2)8(11)10-5-6/h11-13,15H,3-10H2,1-2H3;10-12,14H,3-9H2,1-2H3;9-11,13H,3-8H2,1-2H3;9-11,13H,5-8H2,1-4H3;8-10,12H,3-7H2,1-2H3;6-7,9H,3-5H2,1-2H3,(H,10,11). The fraction of sp³-hybridized carbons (Fsp3) is 0.914. The molecule has 10 fully saturated rings. The lowest BCUT2D eigenvalue weighted by molar-refractivity contribution is -0.137. The van der Waals surface area contributed by atoms with Gasteiger partial charge >= 0.3 is 0 Å². The Morgan fingerprint density at radius 1 is 0.330 bits per heavy atom. The third-order valence-electron chi connectivity index (χ3n) is 21.1. The van der Waals surface area contributed by atoms with Crippen LogP contribution in [0.4, 0.5) is 0 Å². The second-order valence-electron chi connectivity index (χ2n) is 29.5. The molecule has 7 N–H and O–H groups in total. The van der Waals surface area contributed by atoms with Gasteiger partial charge in [-0.05, 0) is 219 Å². The molecule has 18 nitrogen and oxygen atoms in total. The van der Waals surface area contributed by atoms with Gasteiger partial charge in [-0.3, -0.25) is 28.8 Å². The summed E-state index contributed by atoms with van der Waals surface area (Å²) < 4.78 is 0. The van der Waals surface area contributed by atoms with Crippen molar-refractivity contribution in [3.63, 3.8) is 0 Å². The number of nitrogens with zero attached hydrogens (tertiary/aromatic N) is 5. The zero-order valence-corrected chi connectivity index (χ0v) is 58.3. The van der Waals surface area contributed by atoms with Crippen LogP contribution in [0.3, 0.4) is 0 Å². The van der Waals surface area contributed by atoms with E-state index in [9.17, 15) is 28.8 Å². The lowest BCUT2D eigenvalue weighted by Crippen LogP contribution is -2.51. The molecule has 4 saturated carbocycles. The number of nitrogens with one attached hydrogen (secondary N) is 7. The molecule has 0 spiro atoms. The van der Waals surface area contributed by atoms with E-state index in [-0.39, 0.29) is 48.1 Å². The lowest BCUT2D eigenvalue weighted by Gasteiger charge is -2.39. The molecule has 6 saturated heterocycles. The molecule has 6 heterocycles. The molecule has 18 heteroatoms. The summed E-state index contributed by atoms with van der Waals surface area (Å²) in [6.07, 6.45) is 30.5. The first kappa shape index (κ1) is 75.3. The van der Waals surface area contributed by atoms with Crippen LogP contribution in [0.1, 0.15) is 222 Å². The largest absolute Gasteiger partial charge is 0.354 e. The summed E-state index contributed by atoms with van der Waals surface area (Å²) in [6, 6.07) is 2.49. The minimum absolute atomic E-state index is 0.0277. The monoisotopic (exact) mass is 1240 g/mol. The number of carbonyl (C=O) groups excluding carboxylic acids is 6. The fourth-order valence-electron chi connectivity index (χ4n) is 14.8. The summed E-state index contributed by atoms with van der Waals surface area (Å²) in [5.74, 6) is 6.24. The van der Waals surface area contributed by atoms with Gasteiger partial charge < -0.3 is 61.7 Å². The topological polar surface area (TPSA) is 203 Å². The molecule has 508 valence electrons. The van der Waals surface area contributed by atoms with Gasteiger partial charge in [-0.25, -0.2) is 0 Å². The second kappa shape index (κ2) is 39.2. The zero-order valence-electron chi connectivity index (χ0n) is 58.3. The van der Waals surface area contributed by atoms with Gasteiger partial charge in [-0.2, -0.15) is 0 Å². The van der Waals surface area contributed by atoms with E-state index in [1.165, 1.54) is 116 Å². The number of rotatable bonds is 12. The van der Waals surface area contributed by atoms with Crippen LogP contribution in [-0.4, -0.2) is 208 Å². The smallest absolute Gasteiger partial charge is 0.239 e. The van der Waals surface area contributed by atoms with E-state index in [1.807, 2.05) is 47.2 Å². The van der Waals surface area contributed by atoms with Gasteiger partial charge in [-0.15, -0.1) is 0 Å². The third kappa shape index (κ3) is 23.9. The highest BCUT2D eigenvalue weighted by Crippen LogP contribution is 2.33. The summed E-state index contributed by atoms with van der Waals surface area (Å²) in [7, 11) is 11.3. The highest BCUT2D eigenvalue weighted by Gasteiger charge is 2.40. The number of hydrogen-bond donors (Lipinski definition) is 7. The molecule has 0 radical (unpaired) electrons. The van der Waals surface area contributed by atoms with Gasteiger partial charge in [-0.1, -0.05) is 87.5 Å². The van der Waals surface area contributed by atoms with E-state index in [0.29, 0.717) is 89.2 Å². The average molecular weight is 1240 g/mol. The van der Waals surface area contributed by atoms with Gasteiger partial charge in [0.1, 0.15) is 0 Å². The van der Waals surface area contributed by atoms with Crippen molar-refractivity contribution < 1.29 is 28.8 Å². The van der Waals surface area contributed by atoms with Crippen molar-refractivity contribution in [3.05, 3.63) is 0 Å². The zero-order chi connectivity index (χ0) is 64.5. The van der Waals surface area contributed by atoms with Crippen LogP contribution in [-0.2, 0) is 28.8 Å². The Morgan fingerprint density at radius 3 is 0.898 bits per heavy atom. The van der Waals surface area contributed by atoms with Crippen molar-refractivity contribution in [2.45, 2.75) is 283 Å². The molecular weight excluding hydrogens is 1100 g/mol. The Balaban J connectivity index is 0.000000193. The molecule has 6 aliphatic heterocycles. The molecule has 0 bridgehead atoms. The van der Waals surface area contributed by atoms with E-state index < -0.39 is 0 Å². The Labute approximate surface area is 536 Å². The van der Waals surface area contributed by atoms with Crippen molar-refractivity contribution in [1.82, 2.24) is 61.7 Å². The predicted octanol–water partition coefficient (Wildman–Crippen LogP) is 7.93. The van der Waals surface area contributed by atoms with Gasteiger partial charge in [0.05, 0.1) is 36.3 Å². The van der Waals surface area contributed by atoms with E-state index in [2.05, 4.69) is 112 Å². The van der Waals surface area contributed by atoms with Crippen molar-refractivity contribution in [2.24, 2.45) is 41.4 Å². The first-order valence-electron chi connectivity index (χ1n) is 36.0. The first-order chi connectivity index (χ1) is 42.2. The van der Waals surface area contributed by atoms with Gasteiger partial charge in [0, 0.05) is 70.0 Å². The summed E-state index contributed by atoms with van der Waals surface area (Å²) in [6.45, 7) is 24.3. The second-order valence-corrected chi connectivity index (χ2v) is 29.5. The van der Waals surface area contributed by atoms with Crippen LogP contribution in [0, 0.1) is 41.4 Å². The minimum atomic E-state index is 0.0277. The van der Waals surface area contributed by atoms with Crippen molar-refractivity contribution >= 4 is 35.4 Å². The number of hydrogen-bond acceptors (Lipinski definition) is 12. The Hall–Kier alpha value is -3.42. The summed E-state index contributed by atoms with van der Waals surface area (Å²) in [5.41, 5.74) is 0. The molecule has 12 atom stereocenters. The van der Waals surface area contributed by atoms with Crippen LogP contribution in [0.5, 0.6) is 0 Å². The maximum atomic E-state index is 12.5. The summed E-state index contributed by atoms with van der Waals surface area (Å²) in [4.78, 5) is 83.1. The summed E-state index contributed by atoms with van der Waals surface area (Å²) >= 11 is 0. The fourth-order valence-corrected chi connectivity index (χ4v) is 14.8. The van der Waals surface area contributed by atoms with E-state index in [4.69, 9.17) is 0 Å². The molecule has 10 aliphatic rings. The van der Waals surface area contributed by atoms with Crippen LogP contribution in [0.2, 0.25) is 0 Å². The Morgan fingerprint density at radius 2 is 0.602 bits per heavy atom. The van der Waals surface area contributed by atoms with E-state index >= 15 is 0 Å². The molecule has 88 heavy (non-hydrogen) atoms. The number of carbonyl (C=O) groups is 6. The maximum absolute atomic E-state index is 12.5. The first-order valence-corrected chi connectivity index (χ1v) is 36.0. The van der Waals surface area contributed by atoms with Crippen LogP contribution >= 0.6 is 0 Å². The van der Waals surface area contributed by atoms with Gasteiger partial charge in [0.2, 0.25) is 35.4 Å². The molecule has 12 unspecified atom stereocenters. The molecule has 4 aliphatic carbocycles. The summed E-state index contributed by atoms with van der Waals surface area (Å²) in [5, 5.41) is 21.7. The number of likely N-dealkylation sites (tertiary alicyclic amines) is 5. The molecule has 0 aromatic carbocycles. The molecule has 0 aromatic rings. The molecule has 6 amide bonds. The lowest BCUT2D eigenvalue weighted by atomic mass is 9.90. The molecule has 10 rings (SSSR count). The Kier molecular flexibility index (Phi) is 33.5. The molecular formula is C70H132N12O6. The predicted molar refractivity (Wildman–Crippen MR) is 359 cm³/mol. The molecule has 0 aromatic heterocycles. The van der Waals surface area contributed by atoms with Crippen LogP contribution < -0.4 is 37.2 Å². The number of amides is 6. The van der Waals surface area contributed by atoms with Crippen molar-refractivity contribution in [2.75, 3.05) is 88.1 Å². The normalized spacial score (nSPS) is 32.5. The minimum Gasteiger partial charge on any atom is -0.354 e. The SMILES string of the molecule is CNC1CCC(C)CN(C2CC2)C1=O.CNC1CCC(C)CN(C2CCC2)C1=O.CNC1CCC(C)CN(C2CCCC2)C1=O.CNC1CCC(C)CN(C2CCCCC2)C1=O.CNC1CCC(C)CN(CC(C)C)C1=O.CNC1CCC(C)CNC1=O. The van der Waals surface area contributed by atoms with E-state index in [0.717, 1.165) is 97.2 Å². The van der Waals surface area contributed by atoms with Crippen LogP contribution in [0.15, 0.2) is 0 Å². The highest BCUT2D eigenvalue weighted by molar-refractivity contribution is 5.85. The number of likely N-dealkylation sites (N-methyl/N-ethyl adjacent to an activating group) is 6.